The number of nitrogens with zero attached hydrogens (tertiary/aromatic N) is 1. The van der Waals surface area contributed by atoms with Crippen LogP contribution < -0.4 is 5.32 Å². The van der Waals surface area contributed by atoms with Crippen molar-refractivity contribution in [3.8, 4) is 0 Å². The molecule has 0 aromatic carbocycles. The van der Waals surface area contributed by atoms with Crippen molar-refractivity contribution in [1.82, 2.24) is 10.3 Å². The highest BCUT2D eigenvalue weighted by Gasteiger charge is 2.14. The molecule has 0 aliphatic heterocycles. The molecule has 0 spiro atoms. The molecule has 1 unspecified atom stereocenters. The molecule has 1 aromatic rings. The summed E-state index contributed by atoms with van der Waals surface area (Å²) in [4.78, 5) is 4.34. The van der Waals surface area contributed by atoms with Crippen molar-refractivity contribution in [2.75, 3.05) is 0 Å². The van der Waals surface area contributed by atoms with Crippen molar-refractivity contribution in [3.05, 3.63) is 42.2 Å². The zero-order valence-electron chi connectivity index (χ0n) is 8.48. The quantitative estimate of drug-likeness (QED) is 0.737. The lowest BCUT2D eigenvalue weighted by atomic mass is 10.1. The van der Waals surface area contributed by atoms with Gasteiger partial charge in [-0.3, -0.25) is 4.98 Å². The minimum absolute atomic E-state index is 0.348. The fourth-order valence-electron chi connectivity index (χ4n) is 1.82. The SMILES string of the molecule is CC(NC1CC=CC1)c1ccccn1. The summed E-state index contributed by atoms with van der Waals surface area (Å²) in [6.07, 6.45) is 8.63. The van der Waals surface area contributed by atoms with Gasteiger partial charge in [-0.05, 0) is 31.9 Å². The van der Waals surface area contributed by atoms with E-state index in [9.17, 15) is 0 Å². The van der Waals surface area contributed by atoms with Crippen LogP contribution in [0.3, 0.4) is 0 Å². The van der Waals surface area contributed by atoms with Gasteiger partial charge in [0.05, 0.1) is 5.69 Å². The van der Waals surface area contributed by atoms with Crippen LogP contribution >= 0.6 is 0 Å². The Hall–Kier alpha value is -1.15. The highest BCUT2D eigenvalue weighted by atomic mass is 15.0. The molecule has 1 N–H and O–H groups in total. The van der Waals surface area contributed by atoms with E-state index in [0.717, 1.165) is 18.5 Å². The van der Waals surface area contributed by atoms with E-state index in [2.05, 4.69) is 35.4 Å². The first-order valence-corrected chi connectivity index (χ1v) is 5.18. The van der Waals surface area contributed by atoms with Gasteiger partial charge >= 0.3 is 0 Å². The monoisotopic (exact) mass is 188 g/mol. The molecule has 74 valence electrons. The summed E-state index contributed by atoms with van der Waals surface area (Å²) in [5.41, 5.74) is 1.12. The Morgan fingerprint density at radius 2 is 2.14 bits per heavy atom. The van der Waals surface area contributed by atoms with Gasteiger partial charge in [-0.1, -0.05) is 18.2 Å². The summed E-state index contributed by atoms with van der Waals surface area (Å²) < 4.78 is 0. The summed E-state index contributed by atoms with van der Waals surface area (Å²) >= 11 is 0. The van der Waals surface area contributed by atoms with Gasteiger partial charge < -0.3 is 5.32 Å². The van der Waals surface area contributed by atoms with Crippen molar-refractivity contribution in [1.29, 1.82) is 0 Å². The molecule has 0 radical (unpaired) electrons. The average Bonchev–Trinajstić information content (AvgIpc) is 2.72. The van der Waals surface area contributed by atoms with Crippen LogP contribution in [0.2, 0.25) is 0 Å². The van der Waals surface area contributed by atoms with Crippen LogP contribution in [0.4, 0.5) is 0 Å². The lowest BCUT2D eigenvalue weighted by Gasteiger charge is -2.18. The van der Waals surface area contributed by atoms with Crippen LogP contribution in [0.5, 0.6) is 0 Å². The molecule has 0 saturated heterocycles. The Kier molecular flexibility index (Phi) is 2.94. The third-order valence-electron chi connectivity index (χ3n) is 2.62. The molecule has 0 bridgehead atoms. The molecule has 1 aliphatic rings. The third kappa shape index (κ3) is 2.20. The number of rotatable bonds is 3. The van der Waals surface area contributed by atoms with Gasteiger partial charge in [0, 0.05) is 18.3 Å². The topological polar surface area (TPSA) is 24.9 Å². The van der Waals surface area contributed by atoms with Gasteiger partial charge in [-0.15, -0.1) is 0 Å². The zero-order chi connectivity index (χ0) is 9.80. The van der Waals surface area contributed by atoms with Gasteiger partial charge in [0.1, 0.15) is 0 Å². The van der Waals surface area contributed by atoms with Gasteiger partial charge in [-0.25, -0.2) is 0 Å². The molecule has 0 fully saturated rings. The third-order valence-corrected chi connectivity index (χ3v) is 2.62. The lowest BCUT2D eigenvalue weighted by Crippen LogP contribution is -2.29. The van der Waals surface area contributed by atoms with Gasteiger partial charge in [0.25, 0.3) is 0 Å². The Balaban J connectivity index is 1.92. The van der Waals surface area contributed by atoms with Gasteiger partial charge in [0.15, 0.2) is 0 Å². The molecule has 1 heterocycles. The summed E-state index contributed by atoms with van der Waals surface area (Å²) in [5, 5.41) is 3.57. The maximum absolute atomic E-state index is 4.34. The van der Waals surface area contributed by atoms with Crippen molar-refractivity contribution >= 4 is 0 Å². The number of hydrogen-bond donors (Lipinski definition) is 1. The maximum Gasteiger partial charge on any atom is 0.0570 e. The predicted octanol–water partition coefficient (Wildman–Crippen LogP) is 2.45. The number of pyridine rings is 1. The molecular formula is C12H16N2. The van der Waals surface area contributed by atoms with E-state index < -0.39 is 0 Å². The van der Waals surface area contributed by atoms with Crippen LogP contribution in [-0.2, 0) is 0 Å². The number of aromatic nitrogens is 1. The average molecular weight is 188 g/mol. The van der Waals surface area contributed by atoms with Crippen LogP contribution in [0.1, 0.15) is 31.5 Å². The normalized spacial score (nSPS) is 18.6. The highest BCUT2D eigenvalue weighted by molar-refractivity contribution is 5.09. The molecular weight excluding hydrogens is 172 g/mol. The highest BCUT2D eigenvalue weighted by Crippen LogP contribution is 2.15. The lowest BCUT2D eigenvalue weighted by molar-refractivity contribution is 0.464. The van der Waals surface area contributed by atoms with E-state index in [0.29, 0.717) is 12.1 Å². The minimum Gasteiger partial charge on any atom is -0.305 e. The summed E-state index contributed by atoms with van der Waals surface area (Å²) in [6.45, 7) is 2.17. The Bertz CT molecular complexity index is 297. The second-order valence-corrected chi connectivity index (χ2v) is 3.78. The molecule has 1 aliphatic carbocycles. The Morgan fingerprint density at radius 1 is 1.36 bits per heavy atom. The Labute approximate surface area is 85.1 Å². The van der Waals surface area contributed by atoms with Crippen molar-refractivity contribution in [2.45, 2.75) is 31.8 Å². The second kappa shape index (κ2) is 4.38. The standard InChI is InChI=1S/C12H16N2/c1-10(12-8-4-5-9-13-12)14-11-6-2-3-7-11/h2-5,8-11,14H,6-7H2,1H3. The molecule has 2 rings (SSSR count). The van der Waals surface area contributed by atoms with E-state index in [1.807, 2.05) is 18.3 Å². The molecule has 2 heteroatoms. The van der Waals surface area contributed by atoms with Crippen LogP contribution in [-0.4, -0.2) is 11.0 Å². The van der Waals surface area contributed by atoms with Gasteiger partial charge in [0.2, 0.25) is 0 Å². The minimum atomic E-state index is 0.348. The zero-order valence-corrected chi connectivity index (χ0v) is 8.48. The number of hydrogen-bond acceptors (Lipinski definition) is 2. The predicted molar refractivity (Wildman–Crippen MR) is 57.9 cm³/mol. The molecule has 1 aromatic heterocycles. The van der Waals surface area contributed by atoms with E-state index >= 15 is 0 Å². The fourth-order valence-corrected chi connectivity index (χ4v) is 1.82. The molecule has 14 heavy (non-hydrogen) atoms. The summed E-state index contributed by atoms with van der Waals surface area (Å²) in [5.74, 6) is 0. The first-order chi connectivity index (χ1) is 6.86. The number of nitrogens with one attached hydrogen (secondary N) is 1. The van der Waals surface area contributed by atoms with Crippen LogP contribution in [0.25, 0.3) is 0 Å². The van der Waals surface area contributed by atoms with Crippen LogP contribution in [0, 0.1) is 0 Å². The molecule has 0 saturated carbocycles. The van der Waals surface area contributed by atoms with E-state index in [1.165, 1.54) is 0 Å². The van der Waals surface area contributed by atoms with E-state index in [-0.39, 0.29) is 0 Å². The van der Waals surface area contributed by atoms with Gasteiger partial charge in [-0.2, -0.15) is 0 Å². The fraction of sp³-hybridized carbons (Fsp3) is 0.417. The molecule has 2 nitrogen and oxygen atoms in total. The summed E-state index contributed by atoms with van der Waals surface area (Å²) in [6, 6.07) is 7.01. The van der Waals surface area contributed by atoms with E-state index in [4.69, 9.17) is 0 Å². The molecule has 1 atom stereocenters. The van der Waals surface area contributed by atoms with Crippen molar-refractivity contribution in [2.24, 2.45) is 0 Å². The first-order valence-electron chi connectivity index (χ1n) is 5.18. The smallest absolute Gasteiger partial charge is 0.0570 e. The van der Waals surface area contributed by atoms with Crippen molar-refractivity contribution in [3.63, 3.8) is 0 Å². The van der Waals surface area contributed by atoms with Crippen LogP contribution in [0.15, 0.2) is 36.5 Å². The van der Waals surface area contributed by atoms with E-state index in [1.54, 1.807) is 0 Å². The Morgan fingerprint density at radius 3 is 2.79 bits per heavy atom. The largest absolute Gasteiger partial charge is 0.305 e. The first kappa shape index (κ1) is 9.41. The van der Waals surface area contributed by atoms with Crippen molar-refractivity contribution < 1.29 is 0 Å². The second-order valence-electron chi connectivity index (χ2n) is 3.78. The molecule has 0 amide bonds. The summed E-state index contributed by atoms with van der Waals surface area (Å²) in [7, 11) is 0. The maximum atomic E-state index is 4.34.